The minimum Gasteiger partial charge on any atom is -0.237 e. The largest absolute Gasteiger partial charge is 0.237 e. The summed E-state index contributed by atoms with van der Waals surface area (Å²) >= 11 is 0. The zero-order chi connectivity index (χ0) is 18.8. The SMILES string of the molecule is CC(C)c1cc(F)cc2ccnn12.CC(C)c1cccc2c(F)cnn12. The molecule has 4 aromatic rings. The first kappa shape index (κ1) is 18.0. The van der Waals surface area contributed by atoms with Gasteiger partial charge in [-0.3, -0.25) is 0 Å². The Balaban J connectivity index is 0.000000151. The molecule has 0 aliphatic heterocycles. The van der Waals surface area contributed by atoms with Gasteiger partial charge < -0.3 is 0 Å². The van der Waals surface area contributed by atoms with Gasteiger partial charge in [0.15, 0.2) is 5.82 Å². The van der Waals surface area contributed by atoms with E-state index in [0.717, 1.165) is 16.9 Å². The second kappa shape index (κ2) is 7.23. The van der Waals surface area contributed by atoms with Crippen molar-refractivity contribution in [2.75, 3.05) is 0 Å². The van der Waals surface area contributed by atoms with E-state index in [2.05, 4.69) is 24.0 Å². The maximum atomic E-state index is 13.1. The number of aromatic nitrogens is 4. The quantitative estimate of drug-likeness (QED) is 0.495. The Labute approximate surface area is 151 Å². The van der Waals surface area contributed by atoms with Crippen LogP contribution in [0.3, 0.4) is 0 Å². The van der Waals surface area contributed by atoms with E-state index in [1.54, 1.807) is 27.4 Å². The molecule has 4 rings (SSSR count). The van der Waals surface area contributed by atoms with Crippen molar-refractivity contribution in [2.24, 2.45) is 0 Å². The number of pyridine rings is 2. The zero-order valence-electron chi connectivity index (χ0n) is 15.3. The van der Waals surface area contributed by atoms with Gasteiger partial charge in [-0.2, -0.15) is 10.2 Å². The minimum atomic E-state index is -0.262. The molecule has 0 atom stereocenters. The summed E-state index contributed by atoms with van der Waals surface area (Å²) < 4.78 is 29.6. The molecule has 0 aliphatic carbocycles. The lowest BCUT2D eigenvalue weighted by Crippen LogP contribution is -2.01. The Kier molecular flexibility index (Phi) is 5.02. The molecule has 0 aliphatic rings. The normalized spacial score (nSPS) is 11.4. The van der Waals surface area contributed by atoms with E-state index in [9.17, 15) is 8.78 Å². The second-order valence-electron chi connectivity index (χ2n) is 6.82. The average Bonchev–Trinajstić information content (AvgIpc) is 3.21. The number of halogens is 2. The lowest BCUT2D eigenvalue weighted by Gasteiger charge is -2.07. The van der Waals surface area contributed by atoms with Crippen LogP contribution in [0.5, 0.6) is 0 Å². The first-order valence-electron chi connectivity index (χ1n) is 8.63. The van der Waals surface area contributed by atoms with Crippen molar-refractivity contribution >= 4 is 11.0 Å². The van der Waals surface area contributed by atoms with E-state index >= 15 is 0 Å². The van der Waals surface area contributed by atoms with Crippen LogP contribution in [0.4, 0.5) is 8.78 Å². The van der Waals surface area contributed by atoms with Crippen molar-refractivity contribution in [3.05, 3.63) is 71.8 Å². The molecular weight excluding hydrogens is 334 g/mol. The summed E-state index contributed by atoms with van der Waals surface area (Å²) in [6.07, 6.45) is 2.93. The van der Waals surface area contributed by atoms with Crippen LogP contribution in [-0.4, -0.2) is 19.2 Å². The maximum Gasteiger partial charge on any atom is 0.168 e. The average molecular weight is 356 g/mol. The van der Waals surface area contributed by atoms with Crippen LogP contribution >= 0.6 is 0 Å². The van der Waals surface area contributed by atoms with Gasteiger partial charge in [0.2, 0.25) is 0 Å². The summed E-state index contributed by atoms with van der Waals surface area (Å²) in [7, 11) is 0. The van der Waals surface area contributed by atoms with Gasteiger partial charge in [-0.05, 0) is 42.2 Å². The Morgan fingerprint density at radius 1 is 0.846 bits per heavy atom. The van der Waals surface area contributed by atoms with Crippen molar-refractivity contribution in [3.8, 4) is 0 Å². The Morgan fingerprint density at radius 2 is 1.58 bits per heavy atom. The van der Waals surface area contributed by atoms with E-state index in [0.29, 0.717) is 11.4 Å². The smallest absolute Gasteiger partial charge is 0.168 e. The van der Waals surface area contributed by atoms with Crippen molar-refractivity contribution in [3.63, 3.8) is 0 Å². The first-order chi connectivity index (χ1) is 12.4. The van der Waals surface area contributed by atoms with Gasteiger partial charge in [-0.25, -0.2) is 17.8 Å². The van der Waals surface area contributed by atoms with Crippen molar-refractivity contribution in [1.82, 2.24) is 19.2 Å². The van der Waals surface area contributed by atoms with Gasteiger partial charge in [-0.15, -0.1) is 0 Å². The number of rotatable bonds is 2. The molecule has 0 N–H and O–H groups in total. The Hall–Kier alpha value is -2.76. The molecular formula is C20H22F2N4. The Bertz CT molecular complexity index is 1030. The molecule has 0 radical (unpaired) electrons. The number of hydrogen-bond acceptors (Lipinski definition) is 2. The molecule has 0 bridgehead atoms. The fourth-order valence-corrected chi connectivity index (χ4v) is 2.87. The fourth-order valence-electron chi connectivity index (χ4n) is 2.87. The van der Waals surface area contributed by atoms with E-state index in [4.69, 9.17) is 0 Å². The third-order valence-corrected chi connectivity index (χ3v) is 4.20. The summed E-state index contributed by atoms with van der Waals surface area (Å²) in [6.45, 7) is 8.18. The zero-order valence-corrected chi connectivity index (χ0v) is 15.3. The number of nitrogens with zero attached hydrogens (tertiary/aromatic N) is 4. The van der Waals surface area contributed by atoms with E-state index in [1.165, 1.54) is 18.3 Å². The van der Waals surface area contributed by atoms with Crippen molar-refractivity contribution in [1.29, 1.82) is 0 Å². The van der Waals surface area contributed by atoms with Gasteiger partial charge in [0.05, 0.1) is 11.7 Å². The Morgan fingerprint density at radius 3 is 2.27 bits per heavy atom. The topological polar surface area (TPSA) is 34.6 Å². The lowest BCUT2D eigenvalue weighted by atomic mass is 10.1. The van der Waals surface area contributed by atoms with E-state index in [1.807, 2.05) is 26.0 Å². The predicted molar refractivity (Wildman–Crippen MR) is 98.5 cm³/mol. The molecule has 4 nitrogen and oxygen atoms in total. The van der Waals surface area contributed by atoms with Crippen molar-refractivity contribution in [2.45, 2.75) is 39.5 Å². The molecule has 4 heterocycles. The van der Waals surface area contributed by atoms with Gasteiger partial charge in [-0.1, -0.05) is 33.8 Å². The number of fused-ring (bicyclic) bond motifs is 2. The third kappa shape index (κ3) is 3.45. The minimum absolute atomic E-state index is 0.197. The van der Waals surface area contributed by atoms with Gasteiger partial charge in [0.25, 0.3) is 0 Å². The van der Waals surface area contributed by atoms with Gasteiger partial charge >= 0.3 is 0 Å². The summed E-state index contributed by atoms with van der Waals surface area (Å²) in [4.78, 5) is 0. The molecule has 4 aromatic heterocycles. The summed E-state index contributed by atoms with van der Waals surface area (Å²) in [6, 6.07) is 10.4. The van der Waals surface area contributed by atoms with Crippen LogP contribution in [-0.2, 0) is 0 Å². The van der Waals surface area contributed by atoms with Crippen molar-refractivity contribution < 1.29 is 8.78 Å². The molecule has 0 amide bonds. The standard InChI is InChI=1S/2C10H11FN2/c1-7(2)10-6-8(11)5-9-3-4-12-13(9)10;1-7(2)9-4-3-5-10-8(11)6-12-13(9)10/h2*3-7H,1-2H3. The highest BCUT2D eigenvalue weighted by Gasteiger charge is 2.08. The highest BCUT2D eigenvalue weighted by atomic mass is 19.1. The molecule has 136 valence electrons. The summed E-state index contributed by atoms with van der Waals surface area (Å²) in [5.41, 5.74) is 3.29. The molecule has 26 heavy (non-hydrogen) atoms. The van der Waals surface area contributed by atoms with Gasteiger partial charge in [0.1, 0.15) is 11.3 Å². The van der Waals surface area contributed by atoms with Crippen LogP contribution in [0.15, 0.2) is 48.8 Å². The summed E-state index contributed by atoms with van der Waals surface area (Å²) in [5.74, 6) is 0.167. The van der Waals surface area contributed by atoms with E-state index in [-0.39, 0.29) is 17.6 Å². The number of hydrogen-bond donors (Lipinski definition) is 0. The van der Waals surface area contributed by atoms with Crippen LogP contribution in [0.25, 0.3) is 11.0 Å². The van der Waals surface area contributed by atoms with Crippen LogP contribution in [0.1, 0.15) is 50.9 Å². The molecule has 0 spiro atoms. The highest BCUT2D eigenvalue weighted by molar-refractivity contribution is 5.48. The van der Waals surface area contributed by atoms with Crippen LogP contribution in [0.2, 0.25) is 0 Å². The molecule has 0 aromatic carbocycles. The van der Waals surface area contributed by atoms with Crippen LogP contribution in [0, 0.1) is 11.6 Å². The first-order valence-corrected chi connectivity index (χ1v) is 8.63. The molecule has 0 saturated carbocycles. The monoisotopic (exact) mass is 356 g/mol. The fraction of sp³-hybridized carbons (Fsp3) is 0.300. The molecule has 0 saturated heterocycles. The second-order valence-corrected chi connectivity index (χ2v) is 6.82. The predicted octanol–water partition coefficient (Wildman–Crippen LogP) is 5.19. The molecule has 6 heteroatoms. The van der Waals surface area contributed by atoms with Gasteiger partial charge in [0, 0.05) is 17.6 Å². The molecule has 0 fully saturated rings. The molecule has 0 unspecified atom stereocenters. The maximum absolute atomic E-state index is 13.1. The van der Waals surface area contributed by atoms with Crippen LogP contribution < -0.4 is 0 Å². The highest BCUT2D eigenvalue weighted by Crippen LogP contribution is 2.18. The third-order valence-electron chi connectivity index (χ3n) is 4.20. The summed E-state index contributed by atoms with van der Waals surface area (Å²) in [5, 5.41) is 8.11. The van der Waals surface area contributed by atoms with E-state index < -0.39 is 0 Å². The lowest BCUT2D eigenvalue weighted by molar-refractivity contribution is 0.615.